The first-order chi connectivity index (χ1) is 15.4. The van der Waals surface area contributed by atoms with Gasteiger partial charge in [0.1, 0.15) is 6.04 Å². The molecule has 3 aromatic rings. The van der Waals surface area contributed by atoms with Crippen molar-refractivity contribution in [1.29, 1.82) is 0 Å². The molecule has 4 rings (SSSR count). The van der Waals surface area contributed by atoms with Crippen molar-refractivity contribution in [3.8, 4) is 11.1 Å². The number of nitrogens with zero attached hydrogens (tertiary/aromatic N) is 2. The maximum Gasteiger partial charge on any atom is 0.336 e. The number of carboxylic acids is 1. The van der Waals surface area contributed by atoms with Gasteiger partial charge in [-0.05, 0) is 42.5 Å². The Morgan fingerprint density at radius 3 is 2.53 bits per heavy atom. The Bertz CT molecular complexity index is 1250. The summed E-state index contributed by atoms with van der Waals surface area (Å²) in [7, 11) is 0. The molecule has 0 spiro atoms. The SMILES string of the molecule is CCCCc1c(Cc2ccc(-c3ccccc3C(=O)O)cc2)c(=O)nc2n1C(C)C(=O)N2. The minimum absolute atomic E-state index is 0.159. The van der Waals surface area contributed by atoms with E-state index in [4.69, 9.17) is 0 Å². The van der Waals surface area contributed by atoms with Crippen LogP contribution < -0.4 is 10.9 Å². The second kappa shape index (κ2) is 8.78. The number of carboxylic acid groups (broad SMARTS) is 1. The molecule has 7 nitrogen and oxygen atoms in total. The second-order valence-electron chi connectivity index (χ2n) is 8.03. The van der Waals surface area contributed by atoms with Gasteiger partial charge in [-0.2, -0.15) is 4.98 Å². The van der Waals surface area contributed by atoms with E-state index in [9.17, 15) is 19.5 Å². The molecular formula is C25H25N3O4. The van der Waals surface area contributed by atoms with E-state index in [2.05, 4.69) is 17.2 Å². The third kappa shape index (κ3) is 3.93. The molecule has 0 aliphatic carbocycles. The van der Waals surface area contributed by atoms with Crippen LogP contribution in [0.5, 0.6) is 0 Å². The van der Waals surface area contributed by atoms with E-state index >= 15 is 0 Å². The summed E-state index contributed by atoms with van der Waals surface area (Å²) in [5, 5.41) is 12.2. The van der Waals surface area contributed by atoms with Gasteiger partial charge in [-0.15, -0.1) is 0 Å². The summed E-state index contributed by atoms with van der Waals surface area (Å²) in [6.45, 7) is 3.90. The van der Waals surface area contributed by atoms with E-state index in [0.29, 0.717) is 29.9 Å². The number of amides is 1. The summed E-state index contributed by atoms with van der Waals surface area (Å²) in [6, 6.07) is 14.0. The highest BCUT2D eigenvalue weighted by molar-refractivity contribution is 5.96. The van der Waals surface area contributed by atoms with Crippen molar-refractivity contribution in [1.82, 2.24) is 9.55 Å². The molecule has 1 amide bonds. The van der Waals surface area contributed by atoms with Gasteiger partial charge in [0.2, 0.25) is 11.9 Å². The molecule has 2 heterocycles. The average Bonchev–Trinajstić information content (AvgIpc) is 3.07. The molecule has 2 aromatic carbocycles. The minimum Gasteiger partial charge on any atom is -0.478 e. The van der Waals surface area contributed by atoms with Crippen molar-refractivity contribution in [2.45, 2.75) is 45.6 Å². The van der Waals surface area contributed by atoms with Crippen LogP contribution in [0.15, 0.2) is 53.3 Å². The van der Waals surface area contributed by atoms with E-state index in [-0.39, 0.29) is 17.0 Å². The Morgan fingerprint density at radius 2 is 1.84 bits per heavy atom. The first-order valence-electron chi connectivity index (χ1n) is 10.8. The number of aromatic carboxylic acids is 1. The Kier molecular flexibility index (Phi) is 5.90. The topological polar surface area (TPSA) is 101 Å². The summed E-state index contributed by atoms with van der Waals surface area (Å²) in [4.78, 5) is 40.7. The number of unbranched alkanes of at least 4 members (excludes halogenated alkanes) is 1. The normalized spacial score (nSPS) is 14.8. The highest BCUT2D eigenvalue weighted by Crippen LogP contribution is 2.28. The molecule has 1 aliphatic heterocycles. The van der Waals surface area contributed by atoms with Gasteiger partial charge < -0.3 is 9.67 Å². The number of rotatable bonds is 7. The lowest BCUT2D eigenvalue weighted by atomic mass is 9.96. The average molecular weight is 431 g/mol. The van der Waals surface area contributed by atoms with E-state index in [0.717, 1.165) is 29.7 Å². The van der Waals surface area contributed by atoms with Gasteiger partial charge in [0, 0.05) is 17.7 Å². The number of benzene rings is 2. The highest BCUT2D eigenvalue weighted by Gasteiger charge is 2.31. The maximum absolute atomic E-state index is 12.8. The largest absolute Gasteiger partial charge is 0.478 e. The van der Waals surface area contributed by atoms with Gasteiger partial charge in [0.15, 0.2) is 0 Å². The van der Waals surface area contributed by atoms with E-state index in [1.54, 1.807) is 18.2 Å². The molecule has 1 unspecified atom stereocenters. The Balaban J connectivity index is 1.70. The van der Waals surface area contributed by atoms with Crippen molar-refractivity contribution in [2.24, 2.45) is 0 Å². The number of hydrogen-bond donors (Lipinski definition) is 2. The highest BCUT2D eigenvalue weighted by atomic mass is 16.4. The number of carbonyl (C=O) groups is 2. The lowest BCUT2D eigenvalue weighted by Gasteiger charge is -2.17. The van der Waals surface area contributed by atoms with Gasteiger partial charge in [-0.3, -0.25) is 14.9 Å². The van der Waals surface area contributed by atoms with Gasteiger partial charge in [0.25, 0.3) is 5.56 Å². The summed E-state index contributed by atoms with van der Waals surface area (Å²) in [5.74, 6) is -0.809. The van der Waals surface area contributed by atoms with Crippen LogP contribution in [-0.4, -0.2) is 26.5 Å². The molecular weight excluding hydrogens is 406 g/mol. The van der Waals surface area contributed by atoms with Gasteiger partial charge in [0.05, 0.1) is 5.56 Å². The van der Waals surface area contributed by atoms with Crippen molar-refractivity contribution >= 4 is 17.8 Å². The predicted octanol–water partition coefficient (Wildman–Crippen LogP) is 4.06. The van der Waals surface area contributed by atoms with E-state index in [1.807, 2.05) is 41.8 Å². The lowest BCUT2D eigenvalue weighted by Crippen LogP contribution is -2.23. The van der Waals surface area contributed by atoms with Gasteiger partial charge in [-0.25, -0.2) is 4.79 Å². The summed E-state index contributed by atoms with van der Waals surface area (Å²) < 4.78 is 1.85. The maximum atomic E-state index is 12.8. The number of anilines is 1. The summed E-state index contributed by atoms with van der Waals surface area (Å²) >= 11 is 0. The molecule has 1 aromatic heterocycles. The molecule has 0 bridgehead atoms. The summed E-state index contributed by atoms with van der Waals surface area (Å²) in [5.41, 5.74) is 3.74. The molecule has 164 valence electrons. The van der Waals surface area contributed by atoms with E-state index in [1.165, 1.54) is 0 Å². The first-order valence-corrected chi connectivity index (χ1v) is 10.8. The number of fused-ring (bicyclic) bond motifs is 1. The fourth-order valence-corrected chi connectivity index (χ4v) is 4.17. The van der Waals surface area contributed by atoms with Crippen molar-refractivity contribution < 1.29 is 14.7 Å². The van der Waals surface area contributed by atoms with Crippen LogP contribution in [-0.2, 0) is 17.6 Å². The fraction of sp³-hybridized carbons (Fsp3) is 0.280. The quantitative estimate of drug-likeness (QED) is 0.588. The fourth-order valence-electron chi connectivity index (χ4n) is 4.17. The third-order valence-corrected chi connectivity index (χ3v) is 5.91. The van der Waals surface area contributed by atoms with Crippen LogP contribution in [0.4, 0.5) is 5.95 Å². The van der Waals surface area contributed by atoms with Crippen LogP contribution in [0.25, 0.3) is 11.1 Å². The Morgan fingerprint density at radius 1 is 1.12 bits per heavy atom. The zero-order chi connectivity index (χ0) is 22.8. The van der Waals surface area contributed by atoms with Crippen LogP contribution in [0, 0.1) is 0 Å². The molecule has 0 fully saturated rings. The minimum atomic E-state index is -0.972. The molecule has 1 aliphatic rings. The van der Waals surface area contributed by atoms with Crippen LogP contribution in [0.1, 0.15) is 59.9 Å². The third-order valence-electron chi connectivity index (χ3n) is 5.91. The molecule has 32 heavy (non-hydrogen) atoms. The first kappa shape index (κ1) is 21.5. The van der Waals surface area contributed by atoms with Crippen LogP contribution in [0.3, 0.4) is 0 Å². The molecule has 7 heteroatoms. The second-order valence-corrected chi connectivity index (χ2v) is 8.03. The standard InChI is InChI=1S/C25H25N3O4/c1-3-4-9-21-20(23(30)27-25-26-22(29)15(2)28(21)25)14-16-10-12-17(13-11-16)18-7-5-6-8-19(18)24(31)32/h5-8,10-13,15H,3-4,9,14H2,1-2H3,(H,31,32)(H,26,27,29,30). The lowest BCUT2D eigenvalue weighted by molar-refractivity contribution is -0.117. The van der Waals surface area contributed by atoms with Crippen LogP contribution in [0.2, 0.25) is 0 Å². The molecule has 1 atom stereocenters. The van der Waals surface area contributed by atoms with Crippen molar-refractivity contribution in [3.05, 3.63) is 81.3 Å². The molecule has 0 saturated carbocycles. The zero-order valence-corrected chi connectivity index (χ0v) is 18.1. The van der Waals surface area contributed by atoms with Gasteiger partial charge in [-0.1, -0.05) is 55.8 Å². The number of aromatic nitrogens is 2. The Labute approximate surface area is 185 Å². The Hall–Kier alpha value is -3.74. The number of hydrogen-bond acceptors (Lipinski definition) is 4. The molecule has 2 N–H and O–H groups in total. The van der Waals surface area contributed by atoms with Crippen LogP contribution >= 0.6 is 0 Å². The number of carbonyl (C=O) groups excluding carboxylic acids is 1. The molecule has 0 saturated heterocycles. The smallest absolute Gasteiger partial charge is 0.336 e. The van der Waals surface area contributed by atoms with Gasteiger partial charge >= 0.3 is 5.97 Å². The summed E-state index contributed by atoms with van der Waals surface area (Å²) in [6.07, 6.45) is 2.97. The predicted molar refractivity (Wildman–Crippen MR) is 122 cm³/mol. The van der Waals surface area contributed by atoms with Crippen molar-refractivity contribution in [3.63, 3.8) is 0 Å². The zero-order valence-electron chi connectivity index (χ0n) is 18.1. The monoisotopic (exact) mass is 431 g/mol. The van der Waals surface area contributed by atoms with E-state index < -0.39 is 12.0 Å². The van der Waals surface area contributed by atoms with Crippen molar-refractivity contribution in [2.75, 3.05) is 5.32 Å². The number of nitrogens with one attached hydrogen (secondary N) is 1. The molecule has 0 radical (unpaired) electrons.